The number of nitrogens with zero attached hydrogens (tertiary/aromatic N) is 3. The Bertz CT molecular complexity index is 570. The summed E-state index contributed by atoms with van der Waals surface area (Å²) >= 11 is 0. The number of aliphatic carboxylic acids is 1. The Morgan fingerprint density at radius 1 is 1.62 bits per heavy atom. The molecular formula is C12H16N4O5. The maximum atomic E-state index is 11.4. The molecule has 1 aliphatic rings. The Hall–Kier alpha value is -2.39. The first kappa shape index (κ1) is 15.0. The molecule has 0 bridgehead atoms. The monoisotopic (exact) mass is 296 g/mol. The molecule has 2 atom stereocenters. The van der Waals surface area contributed by atoms with Gasteiger partial charge < -0.3 is 10.2 Å². The predicted molar refractivity (Wildman–Crippen MR) is 70.3 cm³/mol. The summed E-state index contributed by atoms with van der Waals surface area (Å²) in [6, 6.07) is -1.79. The maximum Gasteiger partial charge on any atom is 0.408 e. The molecule has 21 heavy (non-hydrogen) atoms. The van der Waals surface area contributed by atoms with Crippen molar-refractivity contribution in [3.63, 3.8) is 0 Å². The van der Waals surface area contributed by atoms with E-state index in [0.717, 1.165) is 4.90 Å². The zero-order valence-corrected chi connectivity index (χ0v) is 11.4. The summed E-state index contributed by atoms with van der Waals surface area (Å²) in [6.07, 6.45) is 1.73. The van der Waals surface area contributed by atoms with Crippen molar-refractivity contribution in [1.82, 2.24) is 20.2 Å². The van der Waals surface area contributed by atoms with Crippen LogP contribution in [0.1, 0.15) is 23.3 Å². The van der Waals surface area contributed by atoms with Crippen LogP contribution in [-0.4, -0.2) is 50.1 Å². The summed E-state index contributed by atoms with van der Waals surface area (Å²) in [6.45, 7) is 3.69. The Balaban J connectivity index is 2.38. The van der Waals surface area contributed by atoms with Crippen molar-refractivity contribution in [2.24, 2.45) is 7.05 Å². The molecule has 3 N–H and O–H groups in total. The van der Waals surface area contributed by atoms with E-state index in [9.17, 15) is 19.8 Å². The Morgan fingerprint density at radius 3 is 2.90 bits per heavy atom. The van der Waals surface area contributed by atoms with Crippen molar-refractivity contribution in [3.05, 3.63) is 30.1 Å². The molecule has 0 fully saturated rings. The van der Waals surface area contributed by atoms with Gasteiger partial charge in [-0.1, -0.05) is 6.08 Å². The van der Waals surface area contributed by atoms with E-state index >= 15 is 0 Å². The molecule has 1 aromatic heterocycles. The zero-order chi connectivity index (χ0) is 15.6. The number of amides is 1. The van der Waals surface area contributed by atoms with Gasteiger partial charge in [0.05, 0.1) is 24.5 Å². The van der Waals surface area contributed by atoms with E-state index in [1.54, 1.807) is 7.05 Å². The van der Waals surface area contributed by atoms with Crippen LogP contribution in [0, 0.1) is 0 Å². The average molecular weight is 296 g/mol. The van der Waals surface area contributed by atoms with Gasteiger partial charge in [0.15, 0.2) is 6.04 Å². The van der Waals surface area contributed by atoms with Crippen LogP contribution in [0.3, 0.4) is 0 Å². The summed E-state index contributed by atoms with van der Waals surface area (Å²) in [5.74, 6) is -1.24. The molecule has 114 valence electrons. The number of carboxylic acids is 1. The standard InChI is InChI=1S/C12H16N4O5/c1-3-4-21-14-8-6-16(12(19)20)10(11(17)18)9-7(8)5-13-15(9)2/h3,5,8,10,14H,1,4,6H2,2H3,(H,17,18)(H,19,20). The molecule has 0 aliphatic carbocycles. The van der Waals surface area contributed by atoms with Gasteiger partial charge in [0, 0.05) is 19.2 Å². The first-order chi connectivity index (χ1) is 9.97. The van der Waals surface area contributed by atoms with Gasteiger partial charge in [-0.15, -0.1) is 6.58 Å². The molecule has 1 aromatic rings. The van der Waals surface area contributed by atoms with Crippen molar-refractivity contribution in [1.29, 1.82) is 0 Å². The Kier molecular flexibility index (Phi) is 4.24. The predicted octanol–water partition coefficient (Wildman–Crippen LogP) is 0.288. The molecule has 0 radical (unpaired) electrons. The van der Waals surface area contributed by atoms with Crippen molar-refractivity contribution in [2.75, 3.05) is 13.2 Å². The average Bonchev–Trinajstić information content (AvgIpc) is 2.80. The van der Waals surface area contributed by atoms with E-state index < -0.39 is 24.1 Å². The van der Waals surface area contributed by atoms with Crippen molar-refractivity contribution < 1.29 is 24.6 Å². The van der Waals surface area contributed by atoms with Gasteiger partial charge in [-0.2, -0.15) is 10.6 Å². The summed E-state index contributed by atoms with van der Waals surface area (Å²) in [4.78, 5) is 28.8. The number of carbonyl (C=O) groups is 2. The van der Waals surface area contributed by atoms with Gasteiger partial charge in [-0.3, -0.25) is 14.4 Å². The molecule has 1 aliphatic heterocycles. The summed E-state index contributed by atoms with van der Waals surface area (Å²) in [7, 11) is 1.57. The highest BCUT2D eigenvalue weighted by Gasteiger charge is 2.42. The Labute approximate surface area is 120 Å². The van der Waals surface area contributed by atoms with Crippen LogP contribution in [0.2, 0.25) is 0 Å². The largest absolute Gasteiger partial charge is 0.479 e. The van der Waals surface area contributed by atoms with Crippen LogP contribution in [0.5, 0.6) is 0 Å². The summed E-state index contributed by atoms with van der Waals surface area (Å²) in [5.41, 5.74) is 3.63. The number of nitrogens with one attached hydrogen (secondary N) is 1. The van der Waals surface area contributed by atoms with Gasteiger partial charge >= 0.3 is 12.1 Å². The minimum absolute atomic E-state index is 0.0534. The smallest absolute Gasteiger partial charge is 0.408 e. The lowest BCUT2D eigenvalue weighted by atomic mass is 9.96. The molecule has 0 saturated heterocycles. The minimum atomic E-state index is -1.32. The zero-order valence-electron chi connectivity index (χ0n) is 11.4. The van der Waals surface area contributed by atoms with Gasteiger partial charge in [-0.05, 0) is 0 Å². The summed E-state index contributed by atoms with van der Waals surface area (Å²) < 4.78 is 1.37. The minimum Gasteiger partial charge on any atom is -0.479 e. The SMILES string of the molecule is C=CCONC1CN(C(=O)O)C(C(=O)O)c2c1cnn2C. The second kappa shape index (κ2) is 5.94. The van der Waals surface area contributed by atoms with E-state index in [1.807, 2.05) is 0 Å². The van der Waals surface area contributed by atoms with Crippen LogP contribution < -0.4 is 5.48 Å². The third-order valence-electron chi connectivity index (χ3n) is 3.25. The van der Waals surface area contributed by atoms with E-state index in [4.69, 9.17) is 4.84 Å². The second-order valence-corrected chi connectivity index (χ2v) is 4.55. The molecule has 9 nitrogen and oxygen atoms in total. The molecule has 0 aromatic carbocycles. The number of fused-ring (bicyclic) bond motifs is 1. The number of aryl methyl sites for hydroxylation is 1. The second-order valence-electron chi connectivity index (χ2n) is 4.55. The number of carboxylic acid groups (broad SMARTS) is 2. The quantitative estimate of drug-likeness (QED) is 0.406. The maximum absolute atomic E-state index is 11.4. The van der Waals surface area contributed by atoms with Gasteiger partial charge in [0.2, 0.25) is 0 Å². The fourth-order valence-corrected chi connectivity index (χ4v) is 2.36. The molecule has 9 heteroatoms. The van der Waals surface area contributed by atoms with E-state index in [0.29, 0.717) is 11.3 Å². The molecule has 2 unspecified atom stereocenters. The normalized spacial score (nSPS) is 20.9. The van der Waals surface area contributed by atoms with Gasteiger partial charge in [0.1, 0.15) is 0 Å². The van der Waals surface area contributed by atoms with E-state index in [-0.39, 0.29) is 13.2 Å². The highest BCUT2D eigenvalue weighted by Crippen LogP contribution is 2.34. The number of hydrogen-bond acceptors (Lipinski definition) is 5. The molecule has 2 rings (SSSR count). The highest BCUT2D eigenvalue weighted by atomic mass is 16.6. The lowest BCUT2D eigenvalue weighted by molar-refractivity contribution is -0.144. The lowest BCUT2D eigenvalue weighted by Crippen LogP contribution is -2.48. The van der Waals surface area contributed by atoms with Crippen LogP contribution in [-0.2, 0) is 16.7 Å². The fourth-order valence-electron chi connectivity index (χ4n) is 2.36. The molecule has 2 heterocycles. The third-order valence-corrected chi connectivity index (χ3v) is 3.25. The van der Waals surface area contributed by atoms with Crippen molar-refractivity contribution in [2.45, 2.75) is 12.1 Å². The van der Waals surface area contributed by atoms with Crippen LogP contribution in [0.4, 0.5) is 4.79 Å². The highest BCUT2D eigenvalue weighted by molar-refractivity contribution is 5.81. The van der Waals surface area contributed by atoms with Crippen molar-refractivity contribution >= 4 is 12.1 Å². The Morgan fingerprint density at radius 2 is 2.33 bits per heavy atom. The van der Waals surface area contributed by atoms with Gasteiger partial charge in [0.25, 0.3) is 0 Å². The van der Waals surface area contributed by atoms with Crippen LogP contribution >= 0.6 is 0 Å². The van der Waals surface area contributed by atoms with Crippen molar-refractivity contribution in [3.8, 4) is 0 Å². The first-order valence-corrected chi connectivity index (χ1v) is 6.19. The molecule has 0 spiro atoms. The molecule has 1 amide bonds. The number of hydrogen-bond donors (Lipinski definition) is 3. The topological polar surface area (TPSA) is 117 Å². The number of rotatable bonds is 5. The molecule has 0 saturated carbocycles. The lowest BCUT2D eigenvalue weighted by Gasteiger charge is -2.35. The number of hydroxylamine groups is 1. The number of aromatic nitrogens is 2. The fraction of sp³-hybridized carbons (Fsp3) is 0.417. The van der Waals surface area contributed by atoms with Crippen LogP contribution in [0.15, 0.2) is 18.9 Å². The van der Waals surface area contributed by atoms with Gasteiger partial charge in [-0.25, -0.2) is 9.59 Å². The van der Waals surface area contributed by atoms with E-state index in [1.165, 1.54) is 17.0 Å². The van der Waals surface area contributed by atoms with Crippen LogP contribution in [0.25, 0.3) is 0 Å². The first-order valence-electron chi connectivity index (χ1n) is 6.19. The third kappa shape index (κ3) is 2.73. The van der Waals surface area contributed by atoms with E-state index in [2.05, 4.69) is 17.2 Å². The summed E-state index contributed by atoms with van der Waals surface area (Å²) in [5, 5.41) is 22.6. The molecular weight excluding hydrogens is 280 g/mol.